The standard InChI is InChI=1S/C16H20N4/c1-12-18-15-7-8-20(10-13-5-3-2-4-6-13)11-14(15)16(9-17)19-12/h2-6H,7-11,17H2,1H3. The smallest absolute Gasteiger partial charge is 0.125 e. The van der Waals surface area contributed by atoms with E-state index in [0.717, 1.165) is 37.6 Å². The lowest BCUT2D eigenvalue weighted by molar-refractivity contribution is 0.241. The largest absolute Gasteiger partial charge is 0.325 e. The molecule has 0 saturated heterocycles. The van der Waals surface area contributed by atoms with Gasteiger partial charge in [0.2, 0.25) is 0 Å². The fourth-order valence-corrected chi connectivity index (χ4v) is 2.82. The molecule has 104 valence electrons. The highest BCUT2D eigenvalue weighted by Crippen LogP contribution is 2.21. The summed E-state index contributed by atoms with van der Waals surface area (Å²) < 4.78 is 0. The maximum Gasteiger partial charge on any atom is 0.125 e. The summed E-state index contributed by atoms with van der Waals surface area (Å²) in [4.78, 5) is 11.5. The topological polar surface area (TPSA) is 55.0 Å². The van der Waals surface area contributed by atoms with E-state index in [0.29, 0.717) is 6.54 Å². The van der Waals surface area contributed by atoms with E-state index in [1.54, 1.807) is 0 Å². The lowest BCUT2D eigenvalue weighted by Crippen LogP contribution is -2.32. The molecule has 20 heavy (non-hydrogen) atoms. The molecule has 0 unspecified atom stereocenters. The summed E-state index contributed by atoms with van der Waals surface area (Å²) in [7, 11) is 0. The third-order valence-corrected chi connectivity index (χ3v) is 3.78. The van der Waals surface area contributed by atoms with Crippen LogP contribution in [-0.2, 0) is 26.1 Å². The number of hydrogen-bond acceptors (Lipinski definition) is 4. The third-order valence-electron chi connectivity index (χ3n) is 3.78. The van der Waals surface area contributed by atoms with Crippen molar-refractivity contribution in [1.82, 2.24) is 14.9 Å². The second kappa shape index (κ2) is 5.69. The Balaban J connectivity index is 1.81. The van der Waals surface area contributed by atoms with Crippen LogP contribution in [0.5, 0.6) is 0 Å². The van der Waals surface area contributed by atoms with Crippen LogP contribution in [0.4, 0.5) is 0 Å². The number of rotatable bonds is 3. The maximum absolute atomic E-state index is 5.83. The van der Waals surface area contributed by atoms with Crippen LogP contribution < -0.4 is 5.73 Å². The highest BCUT2D eigenvalue weighted by atomic mass is 15.1. The van der Waals surface area contributed by atoms with Crippen molar-refractivity contribution in [3.63, 3.8) is 0 Å². The van der Waals surface area contributed by atoms with Crippen LogP contribution in [0.1, 0.15) is 28.3 Å². The summed E-state index contributed by atoms with van der Waals surface area (Å²) in [6, 6.07) is 10.6. The lowest BCUT2D eigenvalue weighted by Gasteiger charge is -2.29. The molecule has 1 aliphatic heterocycles. The zero-order chi connectivity index (χ0) is 13.9. The molecule has 1 aromatic carbocycles. The van der Waals surface area contributed by atoms with E-state index in [9.17, 15) is 0 Å². The summed E-state index contributed by atoms with van der Waals surface area (Å²) in [6.07, 6.45) is 0.985. The Labute approximate surface area is 119 Å². The molecule has 2 aromatic rings. The van der Waals surface area contributed by atoms with E-state index in [4.69, 9.17) is 5.73 Å². The van der Waals surface area contributed by atoms with Gasteiger partial charge in [0.1, 0.15) is 5.82 Å². The van der Waals surface area contributed by atoms with Crippen molar-refractivity contribution in [2.24, 2.45) is 5.73 Å². The summed E-state index contributed by atoms with van der Waals surface area (Å²) in [5, 5.41) is 0. The monoisotopic (exact) mass is 268 g/mol. The van der Waals surface area contributed by atoms with Crippen LogP contribution in [-0.4, -0.2) is 21.4 Å². The molecule has 1 aromatic heterocycles. The molecule has 3 rings (SSSR count). The van der Waals surface area contributed by atoms with Gasteiger partial charge in [-0.15, -0.1) is 0 Å². The first kappa shape index (κ1) is 13.2. The van der Waals surface area contributed by atoms with Crippen LogP contribution >= 0.6 is 0 Å². The number of hydrogen-bond donors (Lipinski definition) is 1. The van der Waals surface area contributed by atoms with Crippen molar-refractivity contribution < 1.29 is 0 Å². The van der Waals surface area contributed by atoms with Crippen molar-refractivity contribution in [1.29, 1.82) is 0 Å². The lowest BCUT2D eigenvalue weighted by atomic mass is 10.0. The van der Waals surface area contributed by atoms with Gasteiger partial charge in [-0.1, -0.05) is 30.3 Å². The fourth-order valence-electron chi connectivity index (χ4n) is 2.82. The highest BCUT2D eigenvalue weighted by Gasteiger charge is 2.21. The molecule has 4 heteroatoms. The Morgan fingerprint density at radius 2 is 2.00 bits per heavy atom. The van der Waals surface area contributed by atoms with Gasteiger partial charge in [0.15, 0.2) is 0 Å². The van der Waals surface area contributed by atoms with E-state index in [1.165, 1.54) is 16.8 Å². The number of benzene rings is 1. The average molecular weight is 268 g/mol. The van der Waals surface area contributed by atoms with Crippen LogP contribution in [0, 0.1) is 6.92 Å². The molecule has 0 spiro atoms. The molecular weight excluding hydrogens is 248 g/mol. The Bertz CT molecular complexity index is 578. The zero-order valence-electron chi connectivity index (χ0n) is 11.8. The molecule has 2 heterocycles. The quantitative estimate of drug-likeness (QED) is 0.922. The Morgan fingerprint density at radius 3 is 2.75 bits per heavy atom. The molecule has 0 atom stereocenters. The van der Waals surface area contributed by atoms with Gasteiger partial charge in [-0.05, 0) is 12.5 Å². The van der Waals surface area contributed by atoms with E-state index < -0.39 is 0 Å². The van der Waals surface area contributed by atoms with Gasteiger partial charge in [-0.25, -0.2) is 9.97 Å². The second-order valence-corrected chi connectivity index (χ2v) is 5.29. The third kappa shape index (κ3) is 2.71. The van der Waals surface area contributed by atoms with Crippen molar-refractivity contribution in [2.75, 3.05) is 6.54 Å². The molecular formula is C16H20N4. The molecule has 4 nitrogen and oxygen atoms in total. The minimum absolute atomic E-state index is 0.491. The summed E-state index contributed by atoms with van der Waals surface area (Å²) in [6.45, 7) is 5.35. The average Bonchev–Trinajstić information content (AvgIpc) is 2.48. The number of nitrogens with two attached hydrogens (primary N) is 1. The fraction of sp³-hybridized carbons (Fsp3) is 0.375. The van der Waals surface area contributed by atoms with Crippen LogP contribution in [0.3, 0.4) is 0 Å². The number of aromatic nitrogens is 2. The molecule has 0 bridgehead atoms. The minimum Gasteiger partial charge on any atom is -0.325 e. The first-order valence-electron chi connectivity index (χ1n) is 7.08. The predicted molar refractivity (Wildman–Crippen MR) is 78.9 cm³/mol. The summed E-state index contributed by atoms with van der Waals surface area (Å²) in [5.41, 5.74) is 10.6. The molecule has 0 fully saturated rings. The molecule has 1 aliphatic rings. The van der Waals surface area contributed by atoms with Crippen molar-refractivity contribution in [3.8, 4) is 0 Å². The highest BCUT2D eigenvalue weighted by molar-refractivity contribution is 5.28. The van der Waals surface area contributed by atoms with Gasteiger partial charge in [0, 0.05) is 38.2 Å². The first-order chi connectivity index (χ1) is 9.76. The van der Waals surface area contributed by atoms with E-state index in [1.807, 2.05) is 6.92 Å². The van der Waals surface area contributed by atoms with Crippen LogP contribution in [0.15, 0.2) is 30.3 Å². The molecule has 0 amide bonds. The normalized spacial score (nSPS) is 15.1. The van der Waals surface area contributed by atoms with Crippen molar-refractivity contribution in [3.05, 3.63) is 58.7 Å². The van der Waals surface area contributed by atoms with Gasteiger partial charge in [0.25, 0.3) is 0 Å². The van der Waals surface area contributed by atoms with Gasteiger partial charge in [-0.2, -0.15) is 0 Å². The van der Waals surface area contributed by atoms with Gasteiger partial charge < -0.3 is 5.73 Å². The van der Waals surface area contributed by atoms with E-state index in [-0.39, 0.29) is 0 Å². The van der Waals surface area contributed by atoms with Crippen LogP contribution in [0.2, 0.25) is 0 Å². The number of aryl methyl sites for hydroxylation is 1. The predicted octanol–water partition coefficient (Wildman–Crippen LogP) is 1.80. The van der Waals surface area contributed by atoms with E-state index >= 15 is 0 Å². The number of nitrogens with zero attached hydrogens (tertiary/aromatic N) is 3. The molecule has 0 saturated carbocycles. The molecule has 0 aliphatic carbocycles. The van der Waals surface area contributed by atoms with Gasteiger partial charge in [-0.3, -0.25) is 4.90 Å². The Morgan fingerprint density at radius 1 is 1.20 bits per heavy atom. The first-order valence-corrected chi connectivity index (χ1v) is 7.08. The Kier molecular flexibility index (Phi) is 3.76. The van der Waals surface area contributed by atoms with Crippen molar-refractivity contribution in [2.45, 2.75) is 33.0 Å². The summed E-state index contributed by atoms with van der Waals surface area (Å²) in [5.74, 6) is 0.834. The van der Waals surface area contributed by atoms with E-state index in [2.05, 4.69) is 45.2 Å². The Hall–Kier alpha value is -1.78. The molecule has 0 radical (unpaired) electrons. The zero-order valence-corrected chi connectivity index (χ0v) is 11.8. The van der Waals surface area contributed by atoms with Crippen LogP contribution in [0.25, 0.3) is 0 Å². The van der Waals surface area contributed by atoms with Gasteiger partial charge in [0.05, 0.1) is 11.4 Å². The van der Waals surface area contributed by atoms with Crippen molar-refractivity contribution >= 4 is 0 Å². The maximum atomic E-state index is 5.83. The number of fused-ring (bicyclic) bond motifs is 1. The van der Waals surface area contributed by atoms with Gasteiger partial charge >= 0.3 is 0 Å². The second-order valence-electron chi connectivity index (χ2n) is 5.29. The molecule has 2 N–H and O–H groups in total. The summed E-state index contributed by atoms with van der Waals surface area (Å²) >= 11 is 0. The SMILES string of the molecule is Cc1nc(CN)c2c(n1)CCN(Cc1ccccc1)C2. The minimum atomic E-state index is 0.491.